The van der Waals surface area contributed by atoms with Crippen LogP contribution in [0.25, 0.3) is 0 Å². The molecule has 2 aromatic carbocycles. The zero-order chi connectivity index (χ0) is 17.7. The lowest BCUT2D eigenvalue weighted by atomic mass is 9.74. The van der Waals surface area contributed by atoms with E-state index in [9.17, 15) is 9.59 Å². The fraction of sp³-hybridized carbons (Fsp3) is 0.364. The molecule has 0 radical (unpaired) electrons. The van der Waals surface area contributed by atoms with Gasteiger partial charge in [-0.15, -0.1) is 0 Å². The summed E-state index contributed by atoms with van der Waals surface area (Å²) in [7, 11) is 0. The Hall–Kier alpha value is -2.62. The summed E-state index contributed by atoms with van der Waals surface area (Å²) >= 11 is 0. The highest BCUT2D eigenvalue weighted by atomic mass is 16.2. The van der Waals surface area contributed by atoms with Crippen LogP contribution < -0.4 is 5.32 Å². The number of carbonyl (C=O) groups excluding carboxylic acids is 2. The summed E-state index contributed by atoms with van der Waals surface area (Å²) in [5.74, 6) is 0.572. The van der Waals surface area contributed by atoms with Gasteiger partial charge in [0.05, 0.1) is 6.42 Å². The van der Waals surface area contributed by atoms with E-state index in [0.29, 0.717) is 23.9 Å². The fourth-order valence-electron chi connectivity index (χ4n) is 4.98. The number of carbonyl (C=O) groups is 2. The lowest BCUT2D eigenvalue weighted by Crippen LogP contribution is -2.49. The van der Waals surface area contributed by atoms with Crippen LogP contribution in [0.5, 0.6) is 0 Å². The molecular formula is C22H22N2O2. The van der Waals surface area contributed by atoms with E-state index in [1.165, 1.54) is 11.1 Å². The van der Waals surface area contributed by atoms with Gasteiger partial charge in [0.2, 0.25) is 5.91 Å². The Morgan fingerprint density at radius 1 is 1.08 bits per heavy atom. The molecule has 0 saturated carbocycles. The summed E-state index contributed by atoms with van der Waals surface area (Å²) in [4.78, 5) is 26.9. The molecule has 1 N–H and O–H groups in total. The van der Waals surface area contributed by atoms with Crippen molar-refractivity contribution in [3.63, 3.8) is 0 Å². The first-order valence-corrected chi connectivity index (χ1v) is 9.52. The maximum Gasteiger partial charge on any atom is 0.254 e. The van der Waals surface area contributed by atoms with Crippen molar-refractivity contribution in [2.75, 3.05) is 11.9 Å². The number of hydrogen-bond donors (Lipinski definition) is 1. The summed E-state index contributed by atoms with van der Waals surface area (Å²) in [5, 5.41) is 2.84. The number of likely N-dealkylation sites (tertiary alicyclic amines) is 1. The summed E-state index contributed by atoms with van der Waals surface area (Å²) < 4.78 is 0. The maximum atomic E-state index is 13.3. The summed E-state index contributed by atoms with van der Waals surface area (Å²) in [6, 6.07) is 14.6. The SMILES string of the molecule is O=C1Cc2cc(C(=O)N3CCC[C@@H]4c5ccccc5CC[C@@H]43)ccc2N1. The first-order valence-electron chi connectivity index (χ1n) is 9.52. The third-order valence-electron chi connectivity index (χ3n) is 6.18. The summed E-state index contributed by atoms with van der Waals surface area (Å²) in [6.07, 6.45) is 4.66. The van der Waals surface area contributed by atoms with Crippen LogP contribution in [0.2, 0.25) is 0 Å². The minimum absolute atomic E-state index is 0.00604. The molecule has 2 heterocycles. The van der Waals surface area contributed by atoms with Gasteiger partial charge in [-0.2, -0.15) is 0 Å². The van der Waals surface area contributed by atoms with Crippen LogP contribution in [-0.4, -0.2) is 29.3 Å². The second kappa shape index (κ2) is 5.97. The van der Waals surface area contributed by atoms with Gasteiger partial charge in [-0.3, -0.25) is 9.59 Å². The van der Waals surface area contributed by atoms with Gasteiger partial charge in [0, 0.05) is 29.8 Å². The molecule has 5 rings (SSSR count). The molecule has 1 aliphatic carbocycles. The highest BCUT2D eigenvalue weighted by molar-refractivity contribution is 6.01. The van der Waals surface area contributed by atoms with Gasteiger partial charge in [0.25, 0.3) is 5.91 Å². The van der Waals surface area contributed by atoms with E-state index in [-0.39, 0.29) is 11.8 Å². The van der Waals surface area contributed by atoms with E-state index in [2.05, 4.69) is 34.5 Å². The Morgan fingerprint density at radius 2 is 1.96 bits per heavy atom. The van der Waals surface area contributed by atoms with Gasteiger partial charge >= 0.3 is 0 Å². The van der Waals surface area contributed by atoms with Crippen molar-refractivity contribution in [2.45, 2.75) is 44.1 Å². The first kappa shape index (κ1) is 15.6. The third-order valence-corrected chi connectivity index (χ3v) is 6.18. The van der Waals surface area contributed by atoms with Crippen LogP contribution >= 0.6 is 0 Å². The van der Waals surface area contributed by atoms with Crippen molar-refractivity contribution >= 4 is 17.5 Å². The Kier molecular flexibility index (Phi) is 3.59. The number of anilines is 1. The van der Waals surface area contributed by atoms with E-state index in [0.717, 1.165) is 43.5 Å². The Balaban J connectivity index is 1.45. The van der Waals surface area contributed by atoms with Crippen LogP contribution in [0.3, 0.4) is 0 Å². The van der Waals surface area contributed by atoms with E-state index >= 15 is 0 Å². The number of rotatable bonds is 1. The minimum Gasteiger partial charge on any atom is -0.335 e. The van der Waals surface area contributed by atoms with Gasteiger partial charge in [-0.05, 0) is 60.6 Å². The number of nitrogens with zero attached hydrogens (tertiary/aromatic N) is 1. The van der Waals surface area contributed by atoms with E-state index < -0.39 is 0 Å². The second-order valence-electron chi connectivity index (χ2n) is 7.65. The average molecular weight is 346 g/mol. The molecule has 132 valence electrons. The Bertz CT molecular complexity index is 905. The van der Waals surface area contributed by atoms with Crippen LogP contribution in [0.1, 0.15) is 52.2 Å². The lowest BCUT2D eigenvalue weighted by Gasteiger charge is -2.45. The fourth-order valence-corrected chi connectivity index (χ4v) is 4.98. The molecular weight excluding hydrogens is 324 g/mol. The van der Waals surface area contributed by atoms with Gasteiger partial charge < -0.3 is 10.2 Å². The molecule has 2 atom stereocenters. The molecule has 2 amide bonds. The lowest BCUT2D eigenvalue weighted by molar-refractivity contribution is -0.115. The average Bonchev–Trinajstić information content (AvgIpc) is 3.06. The topological polar surface area (TPSA) is 49.4 Å². The zero-order valence-corrected chi connectivity index (χ0v) is 14.7. The van der Waals surface area contributed by atoms with E-state index in [1.807, 2.05) is 18.2 Å². The quantitative estimate of drug-likeness (QED) is 0.859. The molecule has 1 fully saturated rings. The highest BCUT2D eigenvalue weighted by Crippen LogP contribution is 2.41. The number of benzene rings is 2. The van der Waals surface area contributed by atoms with E-state index in [1.54, 1.807) is 0 Å². The highest BCUT2D eigenvalue weighted by Gasteiger charge is 2.38. The van der Waals surface area contributed by atoms with Crippen LogP contribution in [0.15, 0.2) is 42.5 Å². The normalized spacial score (nSPS) is 23.7. The molecule has 4 nitrogen and oxygen atoms in total. The first-order chi connectivity index (χ1) is 12.7. The Morgan fingerprint density at radius 3 is 2.88 bits per heavy atom. The molecule has 1 saturated heterocycles. The van der Waals surface area contributed by atoms with Crippen molar-refractivity contribution < 1.29 is 9.59 Å². The Labute approximate surface area is 153 Å². The van der Waals surface area contributed by atoms with Crippen molar-refractivity contribution in [3.05, 3.63) is 64.7 Å². The standard InChI is InChI=1S/C22H22N2O2/c25-21-13-16-12-15(7-9-19(16)23-21)22(26)24-11-3-6-18-17-5-2-1-4-14(17)8-10-20(18)24/h1-2,4-5,7,9,12,18,20H,3,6,8,10-11,13H2,(H,23,25)/t18-,20+/m1/s1. The van der Waals surface area contributed by atoms with E-state index in [4.69, 9.17) is 0 Å². The number of amides is 2. The number of nitrogens with one attached hydrogen (secondary N) is 1. The molecule has 0 unspecified atom stereocenters. The monoisotopic (exact) mass is 346 g/mol. The predicted molar refractivity (Wildman–Crippen MR) is 100 cm³/mol. The number of piperidine rings is 1. The molecule has 0 bridgehead atoms. The van der Waals surface area contributed by atoms with Crippen molar-refractivity contribution in [2.24, 2.45) is 0 Å². The number of aryl methyl sites for hydroxylation is 1. The van der Waals surface area contributed by atoms with Crippen molar-refractivity contribution in [1.82, 2.24) is 4.90 Å². The second-order valence-corrected chi connectivity index (χ2v) is 7.65. The molecule has 2 aliphatic heterocycles. The maximum absolute atomic E-state index is 13.3. The van der Waals surface area contributed by atoms with Crippen molar-refractivity contribution in [1.29, 1.82) is 0 Å². The molecule has 4 heteroatoms. The predicted octanol–water partition coefficient (Wildman–Crippen LogP) is 3.52. The van der Waals surface area contributed by atoms with Crippen LogP contribution in [0.4, 0.5) is 5.69 Å². The van der Waals surface area contributed by atoms with Crippen LogP contribution in [-0.2, 0) is 17.6 Å². The largest absolute Gasteiger partial charge is 0.335 e. The molecule has 3 aliphatic rings. The molecule has 0 aromatic heterocycles. The molecule has 2 aromatic rings. The molecule has 26 heavy (non-hydrogen) atoms. The summed E-state index contributed by atoms with van der Waals surface area (Å²) in [6.45, 7) is 0.830. The third kappa shape index (κ3) is 2.44. The van der Waals surface area contributed by atoms with Gasteiger partial charge in [-0.1, -0.05) is 24.3 Å². The van der Waals surface area contributed by atoms with Gasteiger partial charge in [-0.25, -0.2) is 0 Å². The minimum atomic E-state index is 0.00604. The molecule has 0 spiro atoms. The zero-order valence-electron chi connectivity index (χ0n) is 14.7. The van der Waals surface area contributed by atoms with Gasteiger partial charge in [0.15, 0.2) is 0 Å². The van der Waals surface area contributed by atoms with Gasteiger partial charge in [0.1, 0.15) is 0 Å². The number of hydrogen-bond acceptors (Lipinski definition) is 2. The van der Waals surface area contributed by atoms with Crippen molar-refractivity contribution in [3.8, 4) is 0 Å². The number of fused-ring (bicyclic) bond motifs is 4. The summed E-state index contributed by atoms with van der Waals surface area (Å²) in [5.41, 5.74) is 5.37. The smallest absolute Gasteiger partial charge is 0.254 e. The van der Waals surface area contributed by atoms with Crippen LogP contribution in [0, 0.1) is 0 Å².